The van der Waals surface area contributed by atoms with E-state index in [1.54, 1.807) is 24.3 Å². The number of anilines is 1. The molecule has 1 unspecified atom stereocenters. The Kier molecular flexibility index (Phi) is 5.24. The summed E-state index contributed by atoms with van der Waals surface area (Å²) < 4.78 is 26.1. The van der Waals surface area contributed by atoms with Crippen LogP contribution in [-0.4, -0.2) is 18.0 Å². The second-order valence-corrected chi connectivity index (χ2v) is 4.87. The Morgan fingerprint density at radius 3 is 2.35 bits per heavy atom. The maximum absolute atomic E-state index is 13.2. The molecule has 0 fully saturated rings. The van der Waals surface area contributed by atoms with Crippen LogP contribution in [0.5, 0.6) is 0 Å². The molecule has 4 N–H and O–H groups in total. The van der Waals surface area contributed by atoms with Crippen molar-refractivity contribution in [2.24, 2.45) is 5.73 Å². The summed E-state index contributed by atoms with van der Waals surface area (Å²) in [6.07, 6.45) is 0.208. The molecule has 2 rings (SSSR count). The molecule has 0 spiro atoms. The number of carbonyl (C=O) groups excluding carboxylic acids is 2. The van der Waals surface area contributed by atoms with E-state index in [1.807, 2.05) is 6.07 Å². The maximum atomic E-state index is 13.2. The molecule has 0 aliphatic carbocycles. The highest BCUT2D eigenvalue weighted by atomic mass is 19.2. The van der Waals surface area contributed by atoms with Crippen molar-refractivity contribution in [2.75, 3.05) is 5.32 Å². The van der Waals surface area contributed by atoms with Crippen molar-refractivity contribution in [2.45, 2.75) is 12.5 Å². The van der Waals surface area contributed by atoms with Gasteiger partial charge in [-0.1, -0.05) is 30.3 Å². The number of urea groups is 1. The standard InChI is InChI=1S/C16H15F2N3O2/c17-12-7-6-11(9-13(12)18)20-15(22)14(21-16(19)23)8-10-4-2-1-3-5-10/h1-7,9,14H,8H2,(H,20,22)(H3,19,21,23). The number of nitrogens with one attached hydrogen (secondary N) is 2. The van der Waals surface area contributed by atoms with Crippen molar-refractivity contribution in [3.8, 4) is 0 Å². The summed E-state index contributed by atoms with van der Waals surface area (Å²) in [7, 11) is 0. The number of benzene rings is 2. The zero-order chi connectivity index (χ0) is 16.8. The molecule has 5 nitrogen and oxygen atoms in total. The predicted molar refractivity (Wildman–Crippen MR) is 81.6 cm³/mol. The van der Waals surface area contributed by atoms with Crippen molar-refractivity contribution in [3.05, 3.63) is 65.7 Å². The molecule has 0 bridgehead atoms. The van der Waals surface area contributed by atoms with E-state index in [9.17, 15) is 18.4 Å². The number of halogens is 2. The Balaban J connectivity index is 2.12. The summed E-state index contributed by atoms with van der Waals surface area (Å²) in [6, 6.07) is 10.2. The molecule has 0 aromatic heterocycles. The zero-order valence-electron chi connectivity index (χ0n) is 12.1. The lowest BCUT2D eigenvalue weighted by Crippen LogP contribution is -2.47. The highest BCUT2D eigenvalue weighted by Crippen LogP contribution is 2.14. The lowest BCUT2D eigenvalue weighted by molar-refractivity contribution is -0.117. The van der Waals surface area contributed by atoms with E-state index in [0.29, 0.717) is 0 Å². The van der Waals surface area contributed by atoms with Gasteiger partial charge in [0.05, 0.1) is 0 Å². The van der Waals surface area contributed by atoms with Crippen LogP contribution in [-0.2, 0) is 11.2 Å². The van der Waals surface area contributed by atoms with Crippen LogP contribution in [0.2, 0.25) is 0 Å². The first-order valence-corrected chi connectivity index (χ1v) is 6.81. The maximum Gasteiger partial charge on any atom is 0.312 e. The summed E-state index contributed by atoms with van der Waals surface area (Å²) in [5.74, 6) is -2.68. The molecule has 7 heteroatoms. The highest BCUT2D eigenvalue weighted by Gasteiger charge is 2.20. The second kappa shape index (κ2) is 7.35. The fraction of sp³-hybridized carbons (Fsp3) is 0.125. The molecule has 0 radical (unpaired) electrons. The SMILES string of the molecule is NC(=O)NC(Cc1ccccc1)C(=O)Nc1ccc(F)c(F)c1. The van der Waals surface area contributed by atoms with E-state index in [2.05, 4.69) is 10.6 Å². The van der Waals surface area contributed by atoms with Gasteiger partial charge in [0.15, 0.2) is 11.6 Å². The molecule has 0 saturated carbocycles. The second-order valence-electron chi connectivity index (χ2n) is 4.87. The minimum atomic E-state index is -1.08. The molecule has 0 aliphatic heterocycles. The van der Waals surface area contributed by atoms with Gasteiger partial charge in [-0.3, -0.25) is 4.79 Å². The number of amides is 3. The Labute approximate surface area is 131 Å². The summed E-state index contributed by atoms with van der Waals surface area (Å²) in [4.78, 5) is 23.3. The van der Waals surface area contributed by atoms with Gasteiger partial charge in [-0.2, -0.15) is 0 Å². The van der Waals surface area contributed by atoms with Gasteiger partial charge in [0.2, 0.25) is 5.91 Å². The van der Waals surface area contributed by atoms with E-state index < -0.39 is 29.6 Å². The monoisotopic (exact) mass is 319 g/mol. The Morgan fingerprint density at radius 1 is 1.04 bits per heavy atom. The van der Waals surface area contributed by atoms with Gasteiger partial charge < -0.3 is 16.4 Å². The third-order valence-electron chi connectivity index (χ3n) is 3.10. The molecule has 0 saturated heterocycles. The number of primary amides is 1. The molecule has 0 aliphatic rings. The fourth-order valence-electron chi connectivity index (χ4n) is 2.03. The molecule has 120 valence electrons. The largest absolute Gasteiger partial charge is 0.352 e. The first-order valence-electron chi connectivity index (χ1n) is 6.81. The van der Waals surface area contributed by atoms with E-state index in [4.69, 9.17) is 5.73 Å². The average molecular weight is 319 g/mol. The molecular weight excluding hydrogens is 304 g/mol. The van der Waals surface area contributed by atoms with Crippen LogP contribution in [0.15, 0.2) is 48.5 Å². The van der Waals surface area contributed by atoms with Gasteiger partial charge in [-0.05, 0) is 17.7 Å². The van der Waals surface area contributed by atoms with Crippen LogP contribution in [0, 0.1) is 11.6 Å². The summed E-state index contributed by atoms with van der Waals surface area (Å²) >= 11 is 0. The van der Waals surface area contributed by atoms with Crippen LogP contribution in [0.3, 0.4) is 0 Å². The van der Waals surface area contributed by atoms with Gasteiger partial charge in [0.1, 0.15) is 6.04 Å². The lowest BCUT2D eigenvalue weighted by atomic mass is 10.1. The minimum Gasteiger partial charge on any atom is -0.352 e. The molecule has 2 aromatic carbocycles. The molecule has 2 aromatic rings. The van der Waals surface area contributed by atoms with Crippen molar-refractivity contribution < 1.29 is 18.4 Å². The van der Waals surface area contributed by atoms with Crippen LogP contribution >= 0.6 is 0 Å². The zero-order valence-corrected chi connectivity index (χ0v) is 12.1. The Morgan fingerprint density at radius 2 is 1.74 bits per heavy atom. The molecular formula is C16H15F2N3O2. The highest BCUT2D eigenvalue weighted by molar-refractivity contribution is 5.97. The topological polar surface area (TPSA) is 84.2 Å². The third-order valence-corrected chi connectivity index (χ3v) is 3.10. The van der Waals surface area contributed by atoms with E-state index >= 15 is 0 Å². The normalized spacial score (nSPS) is 11.6. The quantitative estimate of drug-likeness (QED) is 0.789. The Hall–Kier alpha value is -2.96. The molecule has 23 heavy (non-hydrogen) atoms. The average Bonchev–Trinajstić information content (AvgIpc) is 2.51. The smallest absolute Gasteiger partial charge is 0.312 e. The summed E-state index contributed by atoms with van der Waals surface area (Å²) in [5, 5.41) is 4.75. The number of rotatable bonds is 5. The first kappa shape index (κ1) is 16.4. The summed E-state index contributed by atoms with van der Waals surface area (Å²) in [5.41, 5.74) is 5.98. The van der Waals surface area contributed by atoms with Crippen molar-refractivity contribution in [3.63, 3.8) is 0 Å². The van der Waals surface area contributed by atoms with Crippen molar-refractivity contribution in [1.29, 1.82) is 0 Å². The minimum absolute atomic E-state index is 0.0817. The van der Waals surface area contributed by atoms with Gasteiger partial charge >= 0.3 is 6.03 Å². The van der Waals surface area contributed by atoms with Gasteiger partial charge in [0, 0.05) is 18.2 Å². The van der Waals surface area contributed by atoms with Crippen LogP contribution < -0.4 is 16.4 Å². The van der Waals surface area contributed by atoms with Crippen molar-refractivity contribution >= 4 is 17.6 Å². The fourth-order valence-corrected chi connectivity index (χ4v) is 2.03. The van der Waals surface area contributed by atoms with Crippen LogP contribution in [0.1, 0.15) is 5.56 Å². The summed E-state index contributed by atoms with van der Waals surface area (Å²) in [6.45, 7) is 0. The third kappa shape index (κ3) is 4.77. The van der Waals surface area contributed by atoms with Crippen LogP contribution in [0.25, 0.3) is 0 Å². The van der Waals surface area contributed by atoms with Crippen molar-refractivity contribution in [1.82, 2.24) is 5.32 Å². The Bertz CT molecular complexity index is 708. The van der Waals surface area contributed by atoms with E-state index in [1.165, 1.54) is 6.07 Å². The number of hydrogen-bond acceptors (Lipinski definition) is 2. The molecule has 0 heterocycles. The van der Waals surface area contributed by atoms with Gasteiger partial charge in [0.25, 0.3) is 0 Å². The predicted octanol–water partition coefficient (Wildman–Crippen LogP) is 2.18. The molecule has 1 atom stereocenters. The van der Waals surface area contributed by atoms with Gasteiger partial charge in [-0.15, -0.1) is 0 Å². The van der Waals surface area contributed by atoms with E-state index in [0.717, 1.165) is 17.7 Å². The van der Waals surface area contributed by atoms with Gasteiger partial charge in [-0.25, -0.2) is 13.6 Å². The van der Waals surface area contributed by atoms with E-state index in [-0.39, 0.29) is 12.1 Å². The number of nitrogens with two attached hydrogens (primary N) is 1. The number of carbonyl (C=O) groups is 2. The first-order chi connectivity index (χ1) is 11.0. The lowest BCUT2D eigenvalue weighted by Gasteiger charge is -2.17. The molecule has 3 amide bonds. The van der Waals surface area contributed by atoms with Crippen LogP contribution in [0.4, 0.5) is 19.3 Å². The number of hydrogen-bond donors (Lipinski definition) is 3.